The number of phenolic OH excluding ortho intramolecular Hbond substituents is 3. The zero-order valence-corrected chi connectivity index (χ0v) is 30.5. The maximum absolute atomic E-state index is 13.2. The van der Waals surface area contributed by atoms with Crippen LogP contribution in [-0.2, 0) is 0 Å². The molecule has 55 heavy (non-hydrogen) atoms. The molecule has 0 atom stereocenters. The van der Waals surface area contributed by atoms with E-state index in [9.17, 15) is 20.1 Å². The minimum absolute atomic E-state index is 0.00492. The first-order chi connectivity index (χ1) is 26.7. The number of fused-ring (bicyclic) bond motifs is 1. The molecule has 8 rings (SSSR count). The highest BCUT2D eigenvalue weighted by Gasteiger charge is 2.22. The van der Waals surface area contributed by atoms with Crippen molar-refractivity contribution >= 4 is 11.0 Å². The number of benzene rings is 6. The summed E-state index contributed by atoms with van der Waals surface area (Å²) in [6.07, 6.45) is 0. The Bertz CT molecular complexity index is 2660. The molecule has 0 fully saturated rings. The van der Waals surface area contributed by atoms with Crippen molar-refractivity contribution in [3.05, 3.63) is 155 Å². The van der Waals surface area contributed by atoms with Gasteiger partial charge in [-0.2, -0.15) is 0 Å². The van der Waals surface area contributed by atoms with E-state index in [0.717, 1.165) is 39.3 Å². The Labute approximate surface area is 316 Å². The highest BCUT2D eigenvalue weighted by Crippen LogP contribution is 2.44. The lowest BCUT2D eigenvalue weighted by molar-refractivity contribution is 0.414. The number of hydrogen-bond donors (Lipinski definition) is 3. The summed E-state index contributed by atoms with van der Waals surface area (Å²) in [7, 11) is 3.22. The quantitative estimate of drug-likeness (QED) is 0.146. The van der Waals surface area contributed by atoms with Crippen molar-refractivity contribution in [3.63, 3.8) is 0 Å². The van der Waals surface area contributed by atoms with Crippen LogP contribution in [0.2, 0.25) is 0 Å². The minimum Gasteiger partial charge on any atom is -0.507 e. The van der Waals surface area contributed by atoms with Crippen LogP contribution in [-0.4, -0.2) is 34.7 Å². The number of phenols is 3. The summed E-state index contributed by atoms with van der Waals surface area (Å²) < 4.78 is 21.9. The van der Waals surface area contributed by atoms with Gasteiger partial charge in [0.1, 0.15) is 40.1 Å². The first kappa shape index (κ1) is 36.1. The van der Waals surface area contributed by atoms with E-state index in [1.165, 1.54) is 12.1 Å². The zero-order chi connectivity index (χ0) is 38.6. The summed E-state index contributed by atoms with van der Waals surface area (Å²) in [6, 6.07) is 40.0. The molecule has 0 saturated carbocycles. The van der Waals surface area contributed by atoms with Crippen LogP contribution in [0.3, 0.4) is 0 Å². The Hall–Kier alpha value is -7.26. The lowest BCUT2D eigenvalue weighted by Gasteiger charge is -2.10. The van der Waals surface area contributed by atoms with Crippen LogP contribution in [0.5, 0.6) is 28.7 Å². The molecule has 0 saturated heterocycles. The fraction of sp³-hybridized carbons (Fsp3) is 0.0870. The molecule has 9 nitrogen and oxygen atoms in total. The van der Waals surface area contributed by atoms with E-state index in [2.05, 4.69) is 5.16 Å². The maximum atomic E-state index is 13.2. The topological polar surface area (TPSA) is 135 Å². The molecule has 0 amide bonds. The summed E-state index contributed by atoms with van der Waals surface area (Å²) in [6.45, 7) is 3.60. The molecule has 0 aliphatic rings. The molecule has 0 bridgehead atoms. The molecule has 2 aromatic heterocycles. The van der Waals surface area contributed by atoms with Gasteiger partial charge in [-0.05, 0) is 72.5 Å². The molecule has 0 spiro atoms. The van der Waals surface area contributed by atoms with Crippen LogP contribution in [0.4, 0.5) is 0 Å². The number of hydrogen-bond acceptors (Lipinski definition) is 9. The number of rotatable bonds is 7. The van der Waals surface area contributed by atoms with Gasteiger partial charge in [0, 0.05) is 23.3 Å². The van der Waals surface area contributed by atoms with Gasteiger partial charge in [0.05, 0.1) is 42.0 Å². The molecule has 0 unspecified atom stereocenters. The third kappa shape index (κ3) is 7.23. The number of nitrogens with zero attached hydrogens (tertiary/aromatic N) is 1. The first-order valence-corrected chi connectivity index (χ1v) is 17.4. The summed E-state index contributed by atoms with van der Waals surface area (Å²) in [5.74, 6) is 2.41. The van der Waals surface area contributed by atoms with E-state index in [-0.39, 0.29) is 22.7 Å². The molecule has 6 aromatic carbocycles. The van der Waals surface area contributed by atoms with Gasteiger partial charge in [0.2, 0.25) is 5.43 Å². The van der Waals surface area contributed by atoms with Crippen molar-refractivity contribution in [2.45, 2.75) is 13.8 Å². The molecule has 8 aromatic rings. The molecular weight excluding hydrogens is 695 g/mol. The summed E-state index contributed by atoms with van der Waals surface area (Å²) in [5.41, 5.74) is 7.22. The van der Waals surface area contributed by atoms with E-state index in [1.54, 1.807) is 33.3 Å². The monoisotopic (exact) mass is 731 g/mol. The molecule has 0 aliphatic carbocycles. The van der Waals surface area contributed by atoms with Crippen LogP contribution in [0.15, 0.2) is 147 Å². The van der Waals surface area contributed by atoms with E-state index in [0.29, 0.717) is 50.4 Å². The summed E-state index contributed by atoms with van der Waals surface area (Å²) in [5, 5.41) is 35.8. The number of aromatic hydroxyl groups is 3. The van der Waals surface area contributed by atoms with Crippen LogP contribution in [0.1, 0.15) is 11.5 Å². The van der Waals surface area contributed by atoms with Crippen molar-refractivity contribution in [3.8, 4) is 84.6 Å². The average molecular weight is 732 g/mol. The van der Waals surface area contributed by atoms with Crippen LogP contribution in [0, 0.1) is 13.8 Å². The Morgan fingerprint density at radius 2 is 1.04 bits per heavy atom. The van der Waals surface area contributed by atoms with Crippen LogP contribution in [0.25, 0.3) is 66.8 Å². The van der Waals surface area contributed by atoms with E-state index < -0.39 is 0 Å². The minimum atomic E-state index is -0.129. The van der Waals surface area contributed by atoms with Crippen LogP contribution < -0.4 is 14.9 Å². The first-order valence-electron chi connectivity index (χ1n) is 17.4. The highest BCUT2D eigenvalue weighted by molar-refractivity contribution is 5.90. The number of ether oxygens (including phenoxy) is 2. The standard InChI is InChI=1S/C23H19NO4.C23H18O4/c1-14-22(16-8-10-17(27-2)11-9-16)23(28-24-14)19-12-18(20(25)13-21(19)26)15-6-4-3-5-7-15;1-14-22(16-8-10-17(26-2)11-9-16)23(25)19-12-18(15-6-4-3-5-7-15)20(24)13-21(19)27-14/h3-13,25-26H,1-2H3;3-13,24H,1-2H3. The maximum Gasteiger partial charge on any atom is 0.200 e. The van der Waals surface area contributed by atoms with Gasteiger partial charge >= 0.3 is 0 Å². The third-order valence-electron chi connectivity index (χ3n) is 9.33. The number of methoxy groups -OCH3 is 2. The molecule has 3 N–H and O–H groups in total. The Balaban J connectivity index is 0.000000169. The van der Waals surface area contributed by atoms with Gasteiger partial charge in [0.15, 0.2) is 5.76 Å². The second kappa shape index (κ2) is 15.4. The summed E-state index contributed by atoms with van der Waals surface area (Å²) >= 11 is 0. The van der Waals surface area contributed by atoms with E-state index >= 15 is 0 Å². The predicted molar refractivity (Wildman–Crippen MR) is 214 cm³/mol. The van der Waals surface area contributed by atoms with Crippen LogP contribution >= 0.6 is 0 Å². The lowest BCUT2D eigenvalue weighted by atomic mass is 9.95. The van der Waals surface area contributed by atoms with Crippen molar-refractivity contribution < 1.29 is 33.7 Å². The van der Waals surface area contributed by atoms with E-state index in [4.69, 9.17) is 18.4 Å². The van der Waals surface area contributed by atoms with Gasteiger partial charge in [-0.1, -0.05) is 90.1 Å². The molecule has 9 heteroatoms. The third-order valence-corrected chi connectivity index (χ3v) is 9.33. The van der Waals surface area contributed by atoms with Crippen molar-refractivity contribution in [2.75, 3.05) is 14.2 Å². The SMILES string of the molecule is COc1ccc(-c2c(C)noc2-c2cc(-c3ccccc3)c(O)cc2O)cc1.COc1ccc(-c2c(C)oc3cc(O)c(-c4ccccc4)cc3c2=O)cc1. The number of aromatic nitrogens is 1. The second-order valence-corrected chi connectivity index (χ2v) is 12.8. The van der Waals surface area contributed by atoms with Crippen molar-refractivity contribution in [2.24, 2.45) is 0 Å². The largest absolute Gasteiger partial charge is 0.507 e. The van der Waals surface area contributed by atoms with Gasteiger partial charge < -0.3 is 33.7 Å². The molecule has 0 radical (unpaired) electrons. The van der Waals surface area contributed by atoms with Gasteiger partial charge in [-0.15, -0.1) is 0 Å². The van der Waals surface area contributed by atoms with E-state index in [1.807, 2.05) is 116 Å². The molecular formula is C46H37NO8. The lowest BCUT2D eigenvalue weighted by Crippen LogP contribution is -2.07. The Morgan fingerprint density at radius 3 is 1.58 bits per heavy atom. The Kier molecular flexibility index (Phi) is 10.1. The normalized spacial score (nSPS) is 10.8. The van der Waals surface area contributed by atoms with Gasteiger partial charge in [0.25, 0.3) is 0 Å². The molecule has 274 valence electrons. The fourth-order valence-corrected chi connectivity index (χ4v) is 6.54. The Morgan fingerprint density at radius 1 is 0.545 bits per heavy atom. The fourth-order valence-electron chi connectivity index (χ4n) is 6.54. The second-order valence-electron chi connectivity index (χ2n) is 12.8. The average Bonchev–Trinajstić information content (AvgIpc) is 3.59. The number of aryl methyl sites for hydroxylation is 2. The molecule has 0 aliphatic heterocycles. The summed E-state index contributed by atoms with van der Waals surface area (Å²) in [4.78, 5) is 13.2. The highest BCUT2D eigenvalue weighted by atomic mass is 16.5. The van der Waals surface area contributed by atoms with Gasteiger partial charge in [-0.3, -0.25) is 4.79 Å². The smallest absolute Gasteiger partial charge is 0.200 e. The van der Waals surface area contributed by atoms with Crippen molar-refractivity contribution in [1.82, 2.24) is 5.16 Å². The van der Waals surface area contributed by atoms with Gasteiger partial charge in [-0.25, -0.2) is 0 Å². The predicted octanol–water partition coefficient (Wildman–Crippen LogP) is 10.6. The molecule has 2 heterocycles. The van der Waals surface area contributed by atoms with Crippen molar-refractivity contribution in [1.29, 1.82) is 0 Å². The zero-order valence-electron chi connectivity index (χ0n) is 30.5.